The summed E-state index contributed by atoms with van der Waals surface area (Å²) in [4.78, 5) is 1.97. The number of hydrogen-bond acceptors (Lipinski definition) is 2. The maximum absolute atomic E-state index is 13.7. The van der Waals surface area contributed by atoms with E-state index < -0.39 is 0 Å². The summed E-state index contributed by atoms with van der Waals surface area (Å²) in [6, 6.07) is 13.4. The molecule has 104 valence electrons. The van der Waals surface area contributed by atoms with Gasteiger partial charge in [0.05, 0.1) is 0 Å². The number of hydrogen-bond donors (Lipinski definition) is 1. The molecule has 0 bridgehead atoms. The van der Waals surface area contributed by atoms with Gasteiger partial charge >= 0.3 is 0 Å². The highest BCUT2D eigenvalue weighted by molar-refractivity contribution is 7.99. The fourth-order valence-electron chi connectivity index (χ4n) is 1.97. The number of benzene rings is 2. The molecule has 2 aromatic rings. The van der Waals surface area contributed by atoms with Gasteiger partial charge in [-0.3, -0.25) is 0 Å². The molecule has 1 N–H and O–H groups in total. The van der Waals surface area contributed by atoms with Crippen LogP contribution in [0.25, 0.3) is 0 Å². The third-order valence-corrected chi connectivity index (χ3v) is 4.38. The molecule has 3 rings (SSSR count). The lowest BCUT2D eigenvalue weighted by Gasteiger charge is -2.07. The largest absolute Gasteiger partial charge is 0.310 e. The SMILES string of the molecule is Fc1cc(CNC2CC2)cc(Sc2ccc(Cl)cc2)c1. The first kappa shape index (κ1) is 13.9. The van der Waals surface area contributed by atoms with Crippen molar-refractivity contribution in [3.05, 3.63) is 58.9 Å². The summed E-state index contributed by atoms with van der Waals surface area (Å²) in [5, 5.41) is 4.12. The molecule has 1 fully saturated rings. The average molecular weight is 308 g/mol. The van der Waals surface area contributed by atoms with E-state index in [1.165, 1.54) is 12.8 Å². The van der Waals surface area contributed by atoms with Gasteiger partial charge in [0, 0.05) is 27.4 Å². The molecule has 0 unspecified atom stereocenters. The lowest BCUT2D eigenvalue weighted by Crippen LogP contribution is -2.15. The monoisotopic (exact) mass is 307 g/mol. The molecular weight excluding hydrogens is 293 g/mol. The van der Waals surface area contributed by atoms with E-state index >= 15 is 0 Å². The maximum Gasteiger partial charge on any atom is 0.124 e. The summed E-state index contributed by atoms with van der Waals surface area (Å²) in [5.41, 5.74) is 0.994. The zero-order chi connectivity index (χ0) is 13.9. The predicted molar refractivity (Wildman–Crippen MR) is 81.8 cm³/mol. The molecule has 0 radical (unpaired) electrons. The van der Waals surface area contributed by atoms with E-state index in [4.69, 9.17) is 11.6 Å². The van der Waals surface area contributed by atoms with Crippen molar-refractivity contribution in [2.24, 2.45) is 0 Å². The van der Waals surface area contributed by atoms with E-state index in [9.17, 15) is 4.39 Å². The highest BCUT2D eigenvalue weighted by Gasteiger charge is 2.20. The summed E-state index contributed by atoms with van der Waals surface area (Å²) >= 11 is 7.41. The highest BCUT2D eigenvalue weighted by atomic mass is 35.5. The third-order valence-electron chi connectivity index (χ3n) is 3.15. The molecule has 0 aromatic heterocycles. The Kier molecular flexibility index (Phi) is 4.29. The summed E-state index contributed by atoms with van der Waals surface area (Å²) in [7, 11) is 0. The molecule has 1 nitrogen and oxygen atoms in total. The van der Waals surface area contributed by atoms with Gasteiger partial charge < -0.3 is 5.32 Å². The smallest absolute Gasteiger partial charge is 0.124 e. The molecule has 0 aliphatic heterocycles. The minimum Gasteiger partial charge on any atom is -0.310 e. The van der Waals surface area contributed by atoms with Crippen molar-refractivity contribution in [2.45, 2.75) is 35.2 Å². The fraction of sp³-hybridized carbons (Fsp3) is 0.250. The Bertz CT molecular complexity index is 596. The molecule has 1 aliphatic rings. The zero-order valence-corrected chi connectivity index (χ0v) is 12.5. The van der Waals surface area contributed by atoms with Crippen molar-refractivity contribution in [1.82, 2.24) is 5.32 Å². The highest BCUT2D eigenvalue weighted by Crippen LogP contribution is 2.30. The van der Waals surface area contributed by atoms with Crippen molar-refractivity contribution >= 4 is 23.4 Å². The van der Waals surface area contributed by atoms with Gasteiger partial charge in [-0.1, -0.05) is 23.4 Å². The second-order valence-corrected chi connectivity index (χ2v) is 6.59. The molecule has 0 spiro atoms. The van der Waals surface area contributed by atoms with Crippen LogP contribution in [0.2, 0.25) is 5.02 Å². The van der Waals surface area contributed by atoms with Crippen LogP contribution in [0.5, 0.6) is 0 Å². The van der Waals surface area contributed by atoms with Gasteiger partial charge in [-0.2, -0.15) is 0 Å². The number of halogens is 2. The Hall–Kier alpha value is -1.03. The van der Waals surface area contributed by atoms with Gasteiger partial charge in [-0.05, 0) is 60.9 Å². The van der Waals surface area contributed by atoms with E-state index in [-0.39, 0.29) is 5.82 Å². The predicted octanol–water partition coefficient (Wildman–Crippen LogP) is 4.88. The Morgan fingerprint density at radius 3 is 2.55 bits per heavy atom. The lowest BCUT2D eigenvalue weighted by atomic mass is 10.2. The molecule has 0 amide bonds. The number of nitrogens with one attached hydrogen (secondary N) is 1. The van der Waals surface area contributed by atoms with Crippen LogP contribution in [-0.4, -0.2) is 6.04 Å². The number of rotatable bonds is 5. The molecule has 0 saturated heterocycles. The zero-order valence-electron chi connectivity index (χ0n) is 10.9. The van der Waals surface area contributed by atoms with Crippen LogP contribution >= 0.6 is 23.4 Å². The molecule has 2 aromatic carbocycles. The van der Waals surface area contributed by atoms with Crippen LogP contribution in [0.3, 0.4) is 0 Å². The summed E-state index contributed by atoms with van der Waals surface area (Å²) in [6.45, 7) is 0.733. The topological polar surface area (TPSA) is 12.0 Å². The van der Waals surface area contributed by atoms with Crippen LogP contribution in [-0.2, 0) is 6.54 Å². The molecule has 0 atom stereocenters. The third kappa shape index (κ3) is 3.98. The molecule has 1 saturated carbocycles. The van der Waals surface area contributed by atoms with Crippen LogP contribution in [0, 0.1) is 5.82 Å². The normalized spacial score (nSPS) is 14.5. The quantitative estimate of drug-likeness (QED) is 0.844. The van der Waals surface area contributed by atoms with Crippen molar-refractivity contribution < 1.29 is 4.39 Å². The molecule has 0 heterocycles. The maximum atomic E-state index is 13.7. The van der Waals surface area contributed by atoms with Crippen molar-refractivity contribution in [1.29, 1.82) is 0 Å². The molecule has 4 heteroatoms. The Labute approximate surface area is 127 Å². The van der Waals surface area contributed by atoms with E-state index in [1.54, 1.807) is 23.9 Å². The first-order valence-electron chi connectivity index (χ1n) is 6.65. The first-order chi connectivity index (χ1) is 9.69. The van der Waals surface area contributed by atoms with E-state index in [0.29, 0.717) is 11.1 Å². The van der Waals surface area contributed by atoms with Crippen LogP contribution in [0.4, 0.5) is 4.39 Å². The van der Waals surface area contributed by atoms with Gasteiger partial charge in [0.25, 0.3) is 0 Å². The Balaban J connectivity index is 1.72. The van der Waals surface area contributed by atoms with E-state index in [2.05, 4.69) is 5.32 Å². The molecule has 20 heavy (non-hydrogen) atoms. The van der Waals surface area contributed by atoms with E-state index in [1.807, 2.05) is 30.3 Å². The lowest BCUT2D eigenvalue weighted by molar-refractivity contribution is 0.615. The molecule has 1 aliphatic carbocycles. The van der Waals surface area contributed by atoms with Crippen LogP contribution in [0.1, 0.15) is 18.4 Å². The first-order valence-corrected chi connectivity index (χ1v) is 7.85. The molecular formula is C16H15ClFNS. The Morgan fingerprint density at radius 1 is 1.10 bits per heavy atom. The minimum absolute atomic E-state index is 0.184. The van der Waals surface area contributed by atoms with Gasteiger partial charge in [-0.25, -0.2) is 4.39 Å². The van der Waals surface area contributed by atoms with Crippen LogP contribution < -0.4 is 5.32 Å². The fourth-order valence-corrected chi connectivity index (χ4v) is 3.02. The van der Waals surface area contributed by atoms with Gasteiger partial charge in [0.1, 0.15) is 5.82 Å². The van der Waals surface area contributed by atoms with E-state index in [0.717, 1.165) is 21.9 Å². The van der Waals surface area contributed by atoms with Crippen molar-refractivity contribution in [3.63, 3.8) is 0 Å². The standard InChI is InChI=1S/C16H15ClFNS/c17-12-1-5-15(6-2-12)20-16-8-11(7-13(18)9-16)10-19-14-3-4-14/h1-2,5-9,14,19H,3-4,10H2. The summed E-state index contributed by atoms with van der Waals surface area (Å²) in [5.74, 6) is -0.184. The minimum atomic E-state index is -0.184. The van der Waals surface area contributed by atoms with Gasteiger partial charge in [-0.15, -0.1) is 0 Å². The van der Waals surface area contributed by atoms with Crippen molar-refractivity contribution in [3.8, 4) is 0 Å². The van der Waals surface area contributed by atoms with Crippen LogP contribution in [0.15, 0.2) is 52.3 Å². The second kappa shape index (κ2) is 6.17. The summed E-state index contributed by atoms with van der Waals surface area (Å²) < 4.78 is 13.7. The average Bonchev–Trinajstić information content (AvgIpc) is 3.23. The van der Waals surface area contributed by atoms with Gasteiger partial charge in [0.15, 0.2) is 0 Å². The summed E-state index contributed by atoms with van der Waals surface area (Å²) in [6.07, 6.45) is 2.48. The van der Waals surface area contributed by atoms with Crippen molar-refractivity contribution in [2.75, 3.05) is 0 Å². The van der Waals surface area contributed by atoms with Gasteiger partial charge in [0.2, 0.25) is 0 Å². The second-order valence-electron chi connectivity index (χ2n) is 5.01. The Morgan fingerprint density at radius 2 is 1.85 bits per heavy atom.